The summed E-state index contributed by atoms with van der Waals surface area (Å²) in [6.45, 7) is 10.2. The molecule has 1 saturated heterocycles. The molecule has 4 heteroatoms. The number of nitrogens with one attached hydrogen (secondary N) is 1. The van der Waals surface area contributed by atoms with Crippen LogP contribution in [0.3, 0.4) is 0 Å². The first-order valence-corrected chi connectivity index (χ1v) is 9.49. The SMILES string of the molecule is CCCNCc1sc(N2CCCC2C(C)C)nc1C1CC1. The van der Waals surface area contributed by atoms with Gasteiger partial charge in [0.15, 0.2) is 5.13 Å². The maximum Gasteiger partial charge on any atom is 0.186 e. The van der Waals surface area contributed by atoms with E-state index in [9.17, 15) is 0 Å². The highest BCUT2D eigenvalue weighted by Crippen LogP contribution is 2.45. The Kier molecular flexibility index (Phi) is 4.85. The Hall–Kier alpha value is -0.610. The Bertz CT molecular complexity index is 465. The molecule has 0 bridgehead atoms. The lowest BCUT2D eigenvalue weighted by Crippen LogP contribution is -2.33. The van der Waals surface area contributed by atoms with Gasteiger partial charge in [-0.15, -0.1) is 11.3 Å². The van der Waals surface area contributed by atoms with Gasteiger partial charge in [-0.3, -0.25) is 0 Å². The standard InChI is InChI=1S/C17H29N3S/c1-4-9-18-11-15-16(13-7-8-13)19-17(21-15)20-10-5-6-14(20)12(2)3/h12-14,18H,4-11H2,1-3H3. The fourth-order valence-corrected chi connectivity index (χ4v) is 4.58. The third-order valence-electron chi connectivity index (χ3n) is 4.71. The van der Waals surface area contributed by atoms with Crippen LogP contribution >= 0.6 is 11.3 Å². The Morgan fingerprint density at radius 1 is 1.33 bits per heavy atom. The summed E-state index contributed by atoms with van der Waals surface area (Å²) in [6, 6.07) is 0.694. The van der Waals surface area contributed by atoms with Crippen LogP contribution in [0.5, 0.6) is 0 Å². The predicted octanol–water partition coefficient (Wildman–Crippen LogP) is 4.14. The van der Waals surface area contributed by atoms with E-state index >= 15 is 0 Å². The van der Waals surface area contributed by atoms with Crippen LogP contribution in [0.1, 0.15) is 69.4 Å². The summed E-state index contributed by atoms with van der Waals surface area (Å²) < 4.78 is 0. The van der Waals surface area contributed by atoms with Gasteiger partial charge in [-0.1, -0.05) is 20.8 Å². The summed E-state index contributed by atoms with van der Waals surface area (Å²) in [5, 5.41) is 4.86. The highest BCUT2D eigenvalue weighted by atomic mass is 32.1. The second-order valence-electron chi connectivity index (χ2n) is 6.90. The molecule has 118 valence electrons. The molecule has 2 heterocycles. The molecule has 3 rings (SSSR count). The zero-order chi connectivity index (χ0) is 14.8. The van der Waals surface area contributed by atoms with E-state index in [1.807, 2.05) is 11.3 Å². The molecule has 1 aliphatic carbocycles. The minimum absolute atomic E-state index is 0.694. The first-order chi connectivity index (χ1) is 10.2. The molecule has 1 aliphatic heterocycles. The molecule has 2 fully saturated rings. The van der Waals surface area contributed by atoms with Crippen molar-refractivity contribution in [2.75, 3.05) is 18.0 Å². The van der Waals surface area contributed by atoms with Gasteiger partial charge in [-0.2, -0.15) is 0 Å². The summed E-state index contributed by atoms with van der Waals surface area (Å²) >= 11 is 1.95. The molecule has 3 nitrogen and oxygen atoms in total. The molecule has 2 aliphatic rings. The number of hydrogen-bond donors (Lipinski definition) is 1. The van der Waals surface area contributed by atoms with Crippen LogP contribution in [0, 0.1) is 5.92 Å². The molecule has 0 amide bonds. The number of aromatic nitrogens is 1. The van der Waals surface area contributed by atoms with Gasteiger partial charge in [0, 0.05) is 29.9 Å². The first-order valence-electron chi connectivity index (χ1n) is 8.67. The minimum Gasteiger partial charge on any atom is -0.345 e. The third-order valence-corrected chi connectivity index (χ3v) is 5.82. The molecular weight excluding hydrogens is 278 g/mol. The number of thiazole rings is 1. The van der Waals surface area contributed by atoms with E-state index in [0.717, 1.165) is 24.9 Å². The summed E-state index contributed by atoms with van der Waals surface area (Å²) in [4.78, 5) is 9.15. The Balaban J connectivity index is 1.77. The molecule has 1 atom stereocenters. The fourth-order valence-electron chi connectivity index (χ4n) is 3.38. The second-order valence-corrected chi connectivity index (χ2v) is 7.96. The second kappa shape index (κ2) is 6.66. The average molecular weight is 308 g/mol. The van der Waals surface area contributed by atoms with Gasteiger partial charge < -0.3 is 10.2 Å². The highest BCUT2D eigenvalue weighted by molar-refractivity contribution is 7.15. The minimum atomic E-state index is 0.694. The Morgan fingerprint density at radius 2 is 2.14 bits per heavy atom. The number of rotatable bonds is 7. The van der Waals surface area contributed by atoms with E-state index in [-0.39, 0.29) is 0 Å². The van der Waals surface area contributed by atoms with Crippen molar-refractivity contribution >= 4 is 16.5 Å². The number of nitrogens with zero attached hydrogens (tertiary/aromatic N) is 2. The third kappa shape index (κ3) is 3.42. The van der Waals surface area contributed by atoms with Gasteiger partial charge >= 0.3 is 0 Å². The summed E-state index contributed by atoms with van der Waals surface area (Å²) in [5.41, 5.74) is 1.41. The first kappa shape index (κ1) is 15.3. The molecule has 0 aromatic carbocycles. The van der Waals surface area contributed by atoms with Gasteiger partial charge in [-0.25, -0.2) is 4.98 Å². The maximum atomic E-state index is 5.07. The fraction of sp³-hybridized carbons (Fsp3) is 0.824. The van der Waals surface area contributed by atoms with Crippen molar-refractivity contribution < 1.29 is 0 Å². The van der Waals surface area contributed by atoms with Gasteiger partial charge in [-0.05, 0) is 44.6 Å². The van der Waals surface area contributed by atoms with Crippen LogP contribution in [-0.4, -0.2) is 24.1 Å². The molecule has 0 radical (unpaired) electrons. The quantitative estimate of drug-likeness (QED) is 0.767. The van der Waals surface area contributed by atoms with Crippen molar-refractivity contribution in [2.45, 2.75) is 71.4 Å². The number of hydrogen-bond acceptors (Lipinski definition) is 4. The summed E-state index contributed by atoms with van der Waals surface area (Å²) in [7, 11) is 0. The van der Waals surface area contributed by atoms with E-state index in [0.29, 0.717) is 6.04 Å². The topological polar surface area (TPSA) is 28.2 Å². The molecular formula is C17H29N3S. The van der Waals surface area contributed by atoms with E-state index < -0.39 is 0 Å². The van der Waals surface area contributed by atoms with Crippen molar-refractivity contribution in [3.8, 4) is 0 Å². The molecule has 1 N–H and O–H groups in total. The maximum absolute atomic E-state index is 5.07. The summed E-state index contributed by atoms with van der Waals surface area (Å²) in [5.74, 6) is 1.48. The van der Waals surface area contributed by atoms with Gasteiger partial charge in [0.1, 0.15) is 0 Å². The van der Waals surface area contributed by atoms with Crippen LogP contribution in [0.25, 0.3) is 0 Å². The van der Waals surface area contributed by atoms with Crippen LogP contribution in [0.4, 0.5) is 5.13 Å². The zero-order valence-corrected chi connectivity index (χ0v) is 14.5. The molecule has 21 heavy (non-hydrogen) atoms. The molecule has 1 unspecified atom stereocenters. The lowest BCUT2D eigenvalue weighted by atomic mass is 10.0. The normalized spacial score (nSPS) is 22.5. The smallest absolute Gasteiger partial charge is 0.186 e. The molecule has 1 saturated carbocycles. The lowest BCUT2D eigenvalue weighted by molar-refractivity contribution is 0.491. The molecule has 1 aromatic rings. The predicted molar refractivity (Wildman–Crippen MR) is 91.3 cm³/mol. The van der Waals surface area contributed by atoms with E-state index in [4.69, 9.17) is 4.98 Å². The zero-order valence-electron chi connectivity index (χ0n) is 13.7. The van der Waals surface area contributed by atoms with E-state index in [2.05, 4.69) is 31.0 Å². The van der Waals surface area contributed by atoms with E-state index in [1.54, 1.807) is 0 Å². The van der Waals surface area contributed by atoms with Gasteiger partial charge in [0.25, 0.3) is 0 Å². The van der Waals surface area contributed by atoms with Crippen molar-refractivity contribution in [1.82, 2.24) is 10.3 Å². The Morgan fingerprint density at radius 3 is 2.81 bits per heavy atom. The number of anilines is 1. The molecule has 0 spiro atoms. The van der Waals surface area contributed by atoms with E-state index in [1.165, 1.54) is 54.4 Å². The van der Waals surface area contributed by atoms with Crippen molar-refractivity contribution in [1.29, 1.82) is 0 Å². The van der Waals surface area contributed by atoms with Crippen LogP contribution in [0.2, 0.25) is 0 Å². The monoisotopic (exact) mass is 307 g/mol. The van der Waals surface area contributed by atoms with Crippen molar-refractivity contribution in [3.05, 3.63) is 10.6 Å². The van der Waals surface area contributed by atoms with Crippen molar-refractivity contribution in [2.24, 2.45) is 5.92 Å². The van der Waals surface area contributed by atoms with Crippen LogP contribution < -0.4 is 10.2 Å². The lowest BCUT2D eigenvalue weighted by Gasteiger charge is -2.27. The van der Waals surface area contributed by atoms with Crippen LogP contribution in [-0.2, 0) is 6.54 Å². The molecule has 1 aromatic heterocycles. The van der Waals surface area contributed by atoms with Crippen LogP contribution in [0.15, 0.2) is 0 Å². The van der Waals surface area contributed by atoms with Crippen molar-refractivity contribution in [3.63, 3.8) is 0 Å². The summed E-state index contributed by atoms with van der Waals surface area (Å²) in [6.07, 6.45) is 6.55. The average Bonchev–Trinajstić information content (AvgIpc) is 3.03. The van der Waals surface area contributed by atoms with Gasteiger partial charge in [0.2, 0.25) is 0 Å². The Labute approximate surface area is 133 Å². The largest absolute Gasteiger partial charge is 0.345 e. The highest BCUT2D eigenvalue weighted by Gasteiger charge is 2.33. The van der Waals surface area contributed by atoms with Gasteiger partial charge in [0.05, 0.1) is 5.69 Å².